The number of benzene rings is 1. The Morgan fingerprint density at radius 1 is 1.20 bits per heavy atom. The van der Waals surface area contributed by atoms with Gasteiger partial charge in [-0.3, -0.25) is 9.78 Å². The second kappa shape index (κ2) is 9.83. The highest BCUT2D eigenvalue weighted by Gasteiger charge is 2.26. The van der Waals surface area contributed by atoms with Crippen molar-refractivity contribution >= 4 is 17.4 Å². The number of carbonyl (C=O) groups is 1. The van der Waals surface area contributed by atoms with Crippen LogP contribution >= 0.6 is 0 Å². The molecular weight excluding hydrogens is 441 g/mol. The van der Waals surface area contributed by atoms with Gasteiger partial charge in [0.2, 0.25) is 5.91 Å². The molecule has 2 aromatic heterocycles. The van der Waals surface area contributed by atoms with Crippen LogP contribution in [0.2, 0.25) is 0 Å². The number of aromatic nitrogens is 2. The number of pyridine rings is 2. The number of hydrogen-bond donors (Lipinski definition) is 2. The zero-order chi connectivity index (χ0) is 25.2. The zero-order valence-electron chi connectivity index (χ0n) is 20.6. The second-order valence-corrected chi connectivity index (χ2v) is 9.87. The number of nitrogens with one attached hydrogen (secondary N) is 2. The van der Waals surface area contributed by atoms with E-state index in [0.717, 1.165) is 46.5 Å². The van der Waals surface area contributed by atoms with E-state index in [-0.39, 0.29) is 11.7 Å². The number of nitrogens with zero attached hydrogens (tertiary/aromatic N) is 3. The number of carbonyl (C=O) groups excluding carboxylic acids is 1. The summed E-state index contributed by atoms with van der Waals surface area (Å²) in [6.45, 7) is 7.60. The van der Waals surface area contributed by atoms with Gasteiger partial charge in [-0.2, -0.15) is 5.26 Å². The zero-order valence-corrected chi connectivity index (χ0v) is 20.6. The molecule has 1 aromatic carbocycles. The molecule has 0 radical (unpaired) electrons. The van der Waals surface area contributed by atoms with E-state index in [1.807, 2.05) is 45.0 Å². The van der Waals surface area contributed by atoms with Gasteiger partial charge in [0.25, 0.3) is 0 Å². The molecule has 0 unspecified atom stereocenters. The van der Waals surface area contributed by atoms with Crippen LogP contribution in [0.4, 0.5) is 15.9 Å². The van der Waals surface area contributed by atoms with Crippen LogP contribution in [0.15, 0.2) is 42.6 Å². The lowest BCUT2D eigenvalue weighted by molar-refractivity contribution is -0.114. The molecule has 1 fully saturated rings. The molecule has 0 aliphatic heterocycles. The summed E-state index contributed by atoms with van der Waals surface area (Å²) < 4.78 is 14.8. The van der Waals surface area contributed by atoms with E-state index in [4.69, 9.17) is 4.98 Å². The number of aryl methyl sites for hydroxylation is 1. The first-order chi connectivity index (χ1) is 16.6. The molecule has 7 heteroatoms. The molecule has 3 aromatic rings. The van der Waals surface area contributed by atoms with Crippen LogP contribution in [-0.2, 0) is 4.79 Å². The molecule has 0 atom stereocenters. The van der Waals surface area contributed by atoms with E-state index in [2.05, 4.69) is 27.8 Å². The number of hydrogen-bond acceptors (Lipinski definition) is 5. The SMILES string of the molecule is CC(=O)Nc1cc(-c2cc(-c3cc(NCCC(C)(C)C#N)c(F)cc3C)cc(C3CC3)n2)ccn1. The van der Waals surface area contributed by atoms with Crippen LogP contribution in [0.25, 0.3) is 22.4 Å². The molecule has 1 amide bonds. The van der Waals surface area contributed by atoms with Crippen molar-refractivity contribution in [2.45, 2.75) is 52.9 Å². The highest BCUT2D eigenvalue weighted by Crippen LogP contribution is 2.42. The maximum absolute atomic E-state index is 14.8. The van der Waals surface area contributed by atoms with Crippen LogP contribution in [0.3, 0.4) is 0 Å². The van der Waals surface area contributed by atoms with Crippen LogP contribution in [0.5, 0.6) is 0 Å². The Morgan fingerprint density at radius 3 is 2.66 bits per heavy atom. The molecule has 0 spiro atoms. The van der Waals surface area contributed by atoms with Crippen molar-refractivity contribution in [3.8, 4) is 28.5 Å². The van der Waals surface area contributed by atoms with Gasteiger partial charge in [0.15, 0.2) is 0 Å². The first-order valence-electron chi connectivity index (χ1n) is 11.9. The van der Waals surface area contributed by atoms with Gasteiger partial charge in [-0.05, 0) is 93.1 Å². The van der Waals surface area contributed by atoms with Crippen molar-refractivity contribution in [3.05, 3.63) is 59.7 Å². The molecule has 0 saturated heterocycles. The predicted octanol–water partition coefficient (Wildman–Crippen LogP) is 6.45. The summed E-state index contributed by atoms with van der Waals surface area (Å²) in [5.41, 5.74) is 5.32. The average molecular weight is 472 g/mol. The average Bonchev–Trinajstić information content (AvgIpc) is 3.65. The van der Waals surface area contributed by atoms with Crippen molar-refractivity contribution in [2.75, 3.05) is 17.2 Å². The molecule has 1 aliphatic carbocycles. The van der Waals surface area contributed by atoms with E-state index in [0.29, 0.717) is 30.4 Å². The Hall–Kier alpha value is -3.79. The van der Waals surface area contributed by atoms with Gasteiger partial charge < -0.3 is 10.6 Å². The molecule has 1 aliphatic rings. The van der Waals surface area contributed by atoms with E-state index in [9.17, 15) is 14.4 Å². The predicted molar refractivity (Wildman–Crippen MR) is 136 cm³/mol. The summed E-state index contributed by atoms with van der Waals surface area (Å²) in [4.78, 5) is 20.6. The number of anilines is 2. The number of halogens is 1. The number of nitriles is 1. The fourth-order valence-corrected chi connectivity index (χ4v) is 3.97. The van der Waals surface area contributed by atoms with Crippen molar-refractivity contribution in [1.82, 2.24) is 9.97 Å². The van der Waals surface area contributed by atoms with Crippen LogP contribution in [-0.4, -0.2) is 22.4 Å². The Labute approximate surface area is 205 Å². The topological polar surface area (TPSA) is 90.7 Å². The van der Waals surface area contributed by atoms with Gasteiger partial charge in [0.1, 0.15) is 11.6 Å². The lowest BCUT2D eigenvalue weighted by atomic mass is 9.91. The van der Waals surface area contributed by atoms with E-state index in [1.54, 1.807) is 12.3 Å². The van der Waals surface area contributed by atoms with E-state index < -0.39 is 5.41 Å². The summed E-state index contributed by atoms with van der Waals surface area (Å²) in [5.74, 6) is 0.402. The third-order valence-electron chi connectivity index (χ3n) is 6.19. The van der Waals surface area contributed by atoms with Crippen LogP contribution < -0.4 is 10.6 Å². The summed E-state index contributed by atoms with van der Waals surface area (Å²) >= 11 is 0. The van der Waals surface area contributed by atoms with Crippen molar-refractivity contribution in [1.29, 1.82) is 5.26 Å². The molecule has 6 nitrogen and oxygen atoms in total. The molecule has 2 N–H and O–H groups in total. The van der Waals surface area contributed by atoms with E-state index in [1.165, 1.54) is 6.92 Å². The molecule has 0 bridgehead atoms. The van der Waals surface area contributed by atoms with Crippen molar-refractivity contribution < 1.29 is 9.18 Å². The quantitative estimate of drug-likeness (QED) is 0.394. The minimum atomic E-state index is -0.475. The van der Waals surface area contributed by atoms with Gasteiger partial charge >= 0.3 is 0 Å². The lowest BCUT2D eigenvalue weighted by Gasteiger charge is -2.18. The largest absolute Gasteiger partial charge is 0.383 e. The van der Waals surface area contributed by atoms with Crippen LogP contribution in [0.1, 0.15) is 57.2 Å². The Kier molecular flexibility index (Phi) is 6.83. The van der Waals surface area contributed by atoms with Gasteiger partial charge in [0, 0.05) is 36.8 Å². The fraction of sp³-hybridized carbons (Fsp3) is 0.357. The van der Waals surface area contributed by atoms with Crippen molar-refractivity contribution in [3.63, 3.8) is 0 Å². The number of amides is 1. The monoisotopic (exact) mass is 471 g/mol. The highest BCUT2D eigenvalue weighted by molar-refractivity contribution is 5.88. The van der Waals surface area contributed by atoms with Crippen molar-refractivity contribution in [2.24, 2.45) is 5.41 Å². The normalized spacial score (nSPS) is 13.3. The Morgan fingerprint density at radius 2 is 1.97 bits per heavy atom. The van der Waals surface area contributed by atoms with Crippen LogP contribution in [0, 0.1) is 29.5 Å². The molecule has 35 heavy (non-hydrogen) atoms. The maximum atomic E-state index is 14.8. The summed E-state index contributed by atoms with van der Waals surface area (Å²) in [6, 6.07) is 13.4. The smallest absolute Gasteiger partial charge is 0.222 e. The lowest BCUT2D eigenvalue weighted by Crippen LogP contribution is -2.15. The van der Waals surface area contributed by atoms with Gasteiger partial charge in [-0.1, -0.05) is 0 Å². The highest BCUT2D eigenvalue weighted by atomic mass is 19.1. The van der Waals surface area contributed by atoms with Gasteiger partial charge in [0.05, 0.1) is 22.9 Å². The molecule has 1 saturated carbocycles. The van der Waals surface area contributed by atoms with Gasteiger partial charge in [-0.25, -0.2) is 9.37 Å². The minimum absolute atomic E-state index is 0.185. The first-order valence-corrected chi connectivity index (χ1v) is 11.9. The van der Waals surface area contributed by atoms with E-state index >= 15 is 0 Å². The summed E-state index contributed by atoms with van der Waals surface area (Å²) in [5, 5.41) is 15.1. The summed E-state index contributed by atoms with van der Waals surface area (Å²) in [7, 11) is 0. The molecule has 4 rings (SSSR count). The molecular formula is C28H30FN5O. The first kappa shape index (κ1) is 24.3. The third-order valence-corrected chi connectivity index (χ3v) is 6.19. The fourth-order valence-electron chi connectivity index (χ4n) is 3.97. The number of rotatable bonds is 8. The standard InChI is InChI=1S/C28H30FN5O/c1-17-11-23(29)26(31-10-8-28(3,4)16-30)15-22(17)21-12-24(19-5-6-19)34-25(13-21)20-7-9-32-27(14-20)33-18(2)35/h7,9,11-15,19,31H,5-6,8,10H2,1-4H3,(H,32,33,35). The molecule has 180 valence electrons. The second-order valence-electron chi connectivity index (χ2n) is 9.87. The summed E-state index contributed by atoms with van der Waals surface area (Å²) in [6.07, 6.45) is 4.47. The third kappa shape index (κ3) is 6.02. The molecule has 2 heterocycles. The Bertz CT molecular complexity index is 1310. The van der Waals surface area contributed by atoms with Gasteiger partial charge in [-0.15, -0.1) is 0 Å². The Balaban J connectivity index is 1.71. The minimum Gasteiger partial charge on any atom is -0.383 e. The maximum Gasteiger partial charge on any atom is 0.222 e.